The second kappa shape index (κ2) is 16.0. The van der Waals surface area contributed by atoms with E-state index in [-0.39, 0.29) is 71.9 Å². The summed E-state index contributed by atoms with van der Waals surface area (Å²) in [6, 6.07) is 11.7. The summed E-state index contributed by atoms with van der Waals surface area (Å²) in [5.41, 5.74) is 0.0973. The van der Waals surface area contributed by atoms with Crippen LogP contribution >= 0.6 is 0 Å². The van der Waals surface area contributed by atoms with Crippen LogP contribution in [-0.4, -0.2) is 30.4 Å². The summed E-state index contributed by atoms with van der Waals surface area (Å²) in [6.45, 7) is 1.08. The van der Waals surface area contributed by atoms with Crippen LogP contribution in [0.5, 0.6) is 0 Å². The molecule has 0 amide bonds. The molecule has 0 bridgehead atoms. The van der Waals surface area contributed by atoms with Gasteiger partial charge in [-0.15, -0.1) is 0 Å². The zero-order valence-electron chi connectivity index (χ0n) is 30.1. The summed E-state index contributed by atoms with van der Waals surface area (Å²) in [5.74, 6) is -0.830. The lowest BCUT2D eigenvalue weighted by Gasteiger charge is -2.34. The average molecular weight is 817 g/mol. The third-order valence-electron chi connectivity index (χ3n) is 10.3. The Hall–Kier alpha value is -4.57. The van der Waals surface area contributed by atoms with Gasteiger partial charge in [-0.2, -0.15) is 52.7 Å². The molecule has 0 aliphatic carbocycles. The van der Waals surface area contributed by atoms with E-state index >= 15 is 0 Å². The number of piperidine rings is 2. The highest BCUT2D eigenvalue weighted by Crippen LogP contribution is 2.42. The molecular formula is C41H36F12N2O2. The molecule has 0 aromatic heterocycles. The first-order chi connectivity index (χ1) is 26.6. The zero-order chi connectivity index (χ0) is 41.5. The largest absolute Gasteiger partial charge is 0.453 e. The van der Waals surface area contributed by atoms with Crippen LogP contribution in [0.25, 0.3) is 22.3 Å². The maximum absolute atomic E-state index is 13.9. The maximum Gasteiger partial charge on any atom is 0.416 e. The third kappa shape index (κ3) is 10.1. The molecule has 2 saturated heterocycles. The summed E-state index contributed by atoms with van der Waals surface area (Å²) < 4.78 is 170. The quantitative estimate of drug-likeness (QED) is 0.144. The second-order valence-corrected chi connectivity index (χ2v) is 14.4. The van der Waals surface area contributed by atoms with Gasteiger partial charge in [0.15, 0.2) is 6.10 Å². The predicted molar refractivity (Wildman–Crippen MR) is 187 cm³/mol. The van der Waals surface area contributed by atoms with Gasteiger partial charge in [-0.3, -0.25) is 15.4 Å². The number of alkyl halides is 12. The number of carbonyl (C=O) groups is 1. The van der Waals surface area contributed by atoms with Crippen LogP contribution in [0.4, 0.5) is 52.7 Å². The minimum absolute atomic E-state index is 0.175. The number of hydrogen-bond acceptors (Lipinski definition) is 4. The molecule has 4 aromatic rings. The van der Waals surface area contributed by atoms with Crippen molar-refractivity contribution in [2.75, 3.05) is 0 Å². The van der Waals surface area contributed by atoms with Crippen molar-refractivity contribution in [1.29, 1.82) is 0 Å². The molecule has 0 saturated carbocycles. The van der Waals surface area contributed by atoms with Crippen LogP contribution in [-0.2, 0) is 21.9 Å². The number of halogens is 12. The van der Waals surface area contributed by atoms with Crippen molar-refractivity contribution < 1.29 is 62.2 Å². The average Bonchev–Trinajstić information content (AvgIpc) is 3.15. The Kier molecular flexibility index (Phi) is 11.8. The number of hydrogen-bond donors (Lipinski definition) is 2. The van der Waals surface area contributed by atoms with Crippen molar-refractivity contribution in [2.24, 2.45) is 0 Å². The van der Waals surface area contributed by atoms with E-state index in [9.17, 15) is 57.5 Å². The Morgan fingerprint density at radius 1 is 0.544 bits per heavy atom. The third-order valence-corrected chi connectivity index (χ3v) is 10.3. The number of rotatable bonds is 7. The number of esters is 1. The van der Waals surface area contributed by atoms with Crippen molar-refractivity contribution >= 4 is 5.97 Å². The molecule has 2 fully saturated rings. The summed E-state index contributed by atoms with van der Waals surface area (Å²) in [5, 5.41) is 5.23. The molecule has 2 N–H and O–H groups in total. The molecule has 0 radical (unpaired) electrons. The minimum Gasteiger partial charge on any atom is -0.453 e. The first-order valence-electron chi connectivity index (χ1n) is 18.0. The fraction of sp³-hybridized carbons (Fsp3) is 0.390. The van der Waals surface area contributed by atoms with Crippen molar-refractivity contribution in [3.8, 4) is 22.3 Å². The molecular weight excluding hydrogens is 780 g/mol. The van der Waals surface area contributed by atoms with Crippen molar-refractivity contribution in [1.82, 2.24) is 10.6 Å². The van der Waals surface area contributed by atoms with E-state index < -0.39 is 72.1 Å². The molecule has 2 aliphatic rings. The standard InChI is InChI=1S/C41H36F12N2O2/c1-22(56)57-37(29-18-25(23-8-12-31(13-9-23)38(42,43)44)16-27(20-29)33-4-2-6-35(54-33)40(48,49)50)30-19-26(24-10-14-32(15-11-24)39(45,46)47)17-28(21-30)34-5-3-7-36(55-34)41(51,52)53/h8-21,33-37,54-55H,2-7H2,1H3. The summed E-state index contributed by atoms with van der Waals surface area (Å²) in [7, 11) is 0. The van der Waals surface area contributed by atoms with Crippen LogP contribution in [0.1, 0.15) is 97.0 Å². The molecule has 2 aliphatic heterocycles. The normalized spacial score (nSPS) is 21.6. The van der Waals surface area contributed by atoms with E-state index in [4.69, 9.17) is 4.74 Å². The molecule has 4 unspecified atom stereocenters. The SMILES string of the molecule is CC(=O)OC(c1cc(-c2ccc(C(F)(F)F)cc2)cc(C2CCCC(C(F)(F)F)N2)c1)c1cc(-c2ccc(C(F)(F)F)cc2)cc(C2CCCC(C(F)(F)F)N2)c1. The number of carbonyl (C=O) groups excluding carboxylic acids is 1. The van der Waals surface area contributed by atoms with E-state index in [1.54, 1.807) is 0 Å². The van der Waals surface area contributed by atoms with Crippen LogP contribution < -0.4 is 10.6 Å². The highest BCUT2D eigenvalue weighted by molar-refractivity contribution is 5.71. The van der Waals surface area contributed by atoms with Crippen LogP contribution in [0.3, 0.4) is 0 Å². The van der Waals surface area contributed by atoms with Gasteiger partial charge in [-0.25, -0.2) is 0 Å². The molecule has 6 rings (SSSR count). The lowest BCUT2D eigenvalue weighted by molar-refractivity contribution is -0.164. The Labute approximate surface area is 319 Å². The topological polar surface area (TPSA) is 50.4 Å². The van der Waals surface area contributed by atoms with Gasteiger partial charge in [0.2, 0.25) is 0 Å². The Bertz CT molecular complexity index is 1900. The van der Waals surface area contributed by atoms with E-state index in [2.05, 4.69) is 10.6 Å². The molecule has 4 nitrogen and oxygen atoms in total. The van der Waals surface area contributed by atoms with Crippen LogP contribution in [0.15, 0.2) is 84.9 Å². The first-order valence-corrected chi connectivity index (χ1v) is 18.0. The van der Waals surface area contributed by atoms with Gasteiger partial charge < -0.3 is 4.74 Å². The first kappa shape index (κ1) is 42.0. The molecule has 57 heavy (non-hydrogen) atoms. The summed E-state index contributed by atoms with van der Waals surface area (Å²) in [4.78, 5) is 12.7. The smallest absolute Gasteiger partial charge is 0.416 e. The van der Waals surface area contributed by atoms with Crippen molar-refractivity contribution in [3.05, 3.63) is 118 Å². The van der Waals surface area contributed by atoms with Gasteiger partial charge in [-0.05, 0) is 132 Å². The van der Waals surface area contributed by atoms with Crippen LogP contribution in [0.2, 0.25) is 0 Å². The summed E-state index contributed by atoms with van der Waals surface area (Å²) in [6.07, 6.45) is -19.4. The second-order valence-electron chi connectivity index (χ2n) is 14.4. The van der Waals surface area contributed by atoms with E-state index in [1.165, 1.54) is 60.7 Å². The number of nitrogens with one attached hydrogen (secondary N) is 2. The Balaban J connectivity index is 1.52. The molecule has 4 aromatic carbocycles. The lowest BCUT2D eigenvalue weighted by Crippen LogP contribution is -2.46. The van der Waals surface area contributed by atoms with Gasteiger partial charge >= 0.3 is 30.7 Å². The Morgan fingerprint density at radius 3 is 1.23 bits per heavy atom. The van der Waals surface area contributed by atoms with Crippen molar-refractivity contribution in [3.63, 3.8) is 0 Å². The van der Waals surface area contributed by atoms with Gasteiger partial charge in [0.25, 0.3) is 0 Å². The fourth-order valence-corrected chi connectivity index (χ4v) is 7.50. The highest BCUT2D eigenvalue weighted by Gasteiger charge is 2.44. The van der Waals surface area contributed by atoms with E-state index in [0.717, 1.165) is 31.2 Å². The van der Waals surface area contributed by atoms with E-state index in [0.29, 0.717) is 11.1 Å². The monoisotopic (exact) mass is 816 g/mol. The molecule has 16 heteroatoms. The molecule has 306 valence electrons. The van der Waals surface area contributed by atoms with Gasteiger partial charge in [-0.1, -0.05) is 36.4 Å². The van der Waals surface area contributed by atoms with Crippen LogP contribution in [0, 0.1) is 0 Å². The predicted octanol–water partition coefficient (Wildman–Crippen LogP) is 12.2. The van der Waals surface area contributed by atoms with Gasteiger partial charge in [0.1, 0.15) is 12.1 Å². The maximum atomic E-state index is 13.9. The number of ether oxygens (including phenoxy) is 1. The molecule has 2 heterocycles. The fourth-order valence-electron chi connectivity index (χ4n) is 7.50. The van der Waals surface area contributed by atoms with E-state index in [1.807, 2.05) is 0 Å². The Morgan fingerprint density at radius 2 is 0.912 bits per heavy atom. The zero-order valence-corrected chi connectivity index (χ0v) is 30.1. The minimum atomic E-state index is -4.66. The lowest BCUT2D eigenvalue weighted by atomic mass is 9.86. The summed E-state index contributed by atoms with van der Waals surface area (Å²) >= 11 is 0. The molecule has 0 spiro atoms. The van der Waals surface area contributed by atoms with Gasteiger partial charge in [0.05, 0.1) is 11.1 Å². The highest BCUT2D eigenvalue weighted by atomic mass is 19.4. The molecule has 4 atom stereocenters. The van der Waals surface area contributed by atoms with Gasteiger partial charge in [0, 0.05) is 19.0 Å². The van der Waals surface area contributed by atoms with Crippen molar-refractivity contribution in [2.45, 2.75) is 100 Å². The number of benzene rings is 4.